The summed E-state index contributed by atoms with van der Waals surface area (Å²) in [6.45, 7) is 0. The van der Waals surface area contributed by atoms with Crippen molar-refractivity contribution in [2.24, 2.45) is 0 Å². The van der Waals surface area contributed by atoms with Crippen LogP contribution in [-0.4, -0.2) is 9.97 Å². The standard InChI is InChI=1S/C3H5N3S/c4-2-3(7)6-1-5-2/h1,7H,4H2,(H,5,6). The molecule has 3 nitrogen and oxygen atoms in total. The molecule has 0 amide bonds. The van der Waals surface area contributed by atoms with Gasteiger partial charge in [0, 0.05) is 0 Å². The van der Waals surface area contributed by atoms with Crippen molar-refractivity contribution in [3.05, 3.63) is 6.33 Å². The summed E-state index contributed by atoms with van der Waals surface area (Å²) in [5, 5.41) is 0.556. The van der Waals surface area contributed by atoms with Gasteiger partial charge >= 0.3 is 0 Å². The highest BCUT2D eigenvalue weighted by atomic mass is 32.1. The maximum atomic E-state index is 5.25. The van der Waals surface area contributed by atoms with Crippen LogP contribution in [0.2, 0.25) is 0 Å². The third-order valence-electron chi connectivity index (χ3n) is 0.648. The van der Waals surface area contributed by atoms with E-state index >= 15 is 0 Å². The van der Waals surface area contributed by atoms with Gasteiger partial charge in [0.05, 0.1) is 6.33 Å². The van der Waals surface area contributed by atoms with Gasteiger partial charge in [-0.3, -0.25) is 0 Å². The van der Waals surface area contributed by atoms with Gasteiger partial charge in [0.1, 0.15) is 10.8 Å². The summed E-state index contributed by atoms with van der Waals surface area (Å²) in [6.07, 6.45) is 1.50. The van der Waals surface area contributed by atoms with Crippen LogP contribution in [0.1, 0.15) is 0 Å². The monoisotopic (exact) mass is 115 g/mol. The molecule has 0 bridgehead atoms. The zero-order valence-corrected chi connectivity index (χ0v) is 4.44. The largest absolute Gasteiger partial charge is 0.383 e. The number of nitrogens with two attached hydrogens (primary N) is 1. The van der Waals surface area contributed by atoms with E-state index in [0.717, 1.165) is 0 Å². The molecule has 0 aliphatic carbocycles. The number of aromatic amines is 1. The summed E-state index contributed by atoms with van der Waals surface area (Å²) in [5.41, 5.74) is 5.25. The maximum absolute atomic E-state index is 5.25. The molecule has 0 aromatic carbocycles. The predicted octanol–water partition coefficient (Wildman–Crippen LogP) is 0.281. The summed E-state index contributed by atoms with van der Waals surface area (Å²) in [6, 6.07) is 0. The third-order valence-corrected chi connectivity index (χ3v) is 1.00. The van der Waals surface area contributed by atoms with E-state index in [1.807, 2.05) is 0 Å². The number of rotatable bonds is 0. The van der Waals surface area contributed by atoms with Gasteiger partial charge in [-0.1, -0.05) is 0 Å². The molecule has 1 aromatic rings. The Morgan fingerprint density at radius 1 is 1.86 bits per heavy atom. The van der Waals surface area contributed by atoms with Crippen LogP contribution in [0, 0.1) is 0 Å². The maximum Gasteiger partial charge on any atom is 0.135 e. The highest BCUT2D eigenvalue weighted by Crippen LogP contribution is 2.06. The lowest BCUT2D eigenvalue weighted by atomic mass is 10.8. The quantitative estimate of drug-likeness (QED) is 0.425. The van der Waals surface area contributed by atoms with Gasteiger partial charge < -0.3 is 10.7 Å². The van der Waals surface area contributed by atoms with E-state index in [0.29, 0.717) is 10.8 Å². The molecule has 0 radical (unpaired) electrons. The Bertz CT molecular complexity index is 142. The van der Waals surface area contributed by atoms with Gasteiger partial charge in [-0.2, -0.15) is 0 Å². The smallest absolute Gasteiger partial charge is 0.135 e. The van der Waals surface area contributed by atoms with Crippen LogP contribution in [-0.2, 0) is 0 Å². The molecular formula is C3H5N3S. The van der Waals surface area contributed by atoms with Crippen LogP contribution >= 0.6 is 12.6 Å². The first-order valence-corrected chi connectivity index (χ1v) is 2.23. The second kappa shape index (κ2) is 1.46. The summed E-state index contributed by atoms with van der Waals surface area (Å²) in [5.74, 6) is 0.517. The van der Waals surface area contributed by atoms with E-state index in [1.54, 1.807) is 0 Å². The van der Waals surface area contributed by atoms with Crippen molar-refractivity contribution < 1.29 is 0 Å². The average molecular weight is 115 g/mol. The molecule has 0 atom stereocenters. The number of nitrogen functional groups attached to an aromatic ring is 1. The molecule has 0 aliphatic rings. The fourth-order valence-corrected chi connectivity index (χ4v) is 0.419. The molecule has 0 unspecified atom stereocenters. The van der Waals surface area contributed by atoms with Crippen molar-refractivity contribution in [1.82, 2.24) is 9.97 Å². The Kier molecular flexibility index (Phi) is 0.941. The summed E-state index contributed by atoms with van der Waals surface area (Å²) >= 11 is 3.88. The van der Waals surface area contributed by atoms with E-state index in [2.05, 4.69) is 22.6 Å². The number of anilines is 1. The molecule has 1 rings (SSSR count). The van der Waals surface area contributed by atoms with E-state index in [-0.39, 0.29) is 0 Å². The number of hydrogen-bond acceptors (Lipinski definition) is 3. The van der Waals surface area contributed by atoms with Crippen LogP contribution in [0.5, 0.6) is 0 Å². The van der Waals surface area contributed by atoms with Crippen molar-refractivity contribution in [1.29, 1.82) is 0 Å². The third kappa shape index (κ3) is 0.691. The molecule has 3 N–H and O–H groups in total. The molecule has 0 saturated heterocycles. The van der Waals surface area contributed by atoms with Crippen LogP contribution in [0.4, 0.5) is 5.82 Å². The molecular weight excluding hydrogens is 110 g/mol. The number of nitrogens with zero attached hydrogens (tertiary/aromatic N) is 1. The normalized spacial score (nSPS) is 9.29. The van der Waals surface area contributed by atoms with E-state index in [4.69, 9.17) is 5.73 Å². The van der Waals surface area contributed by atoms with Crippen LogP contribution < -0.4 is 5.73 Å². The van der Waals surface area contributed by atoms with Gasteiger partial charge in [-0.05, 0) is 0 Å². The first-order chi connectivity index (χ1) is 3.30. The van der Waals surface area contributed by atoms with Crippen molar-refractivity contribution in [3.8, 4) is 0 Å². The van der Waals surface area contributed by atoms with Gasteiger partial charge in [0.15, 0.2) is 0 Å². The summed E-state index contributed by atoms with van der Waals surface area (Å²) in [4.78, 5) is 6.36. The van der Waals surface area contributed by atoms with Crippen LogP contribution in [0.3, 0.4) is 0 Å². The van der Waals surface area contributed by atoms with E-state index < -0.39 is 0 Å². The first-order valence-electron chi connectivity index (χ1n) is 1.78. The zero-order valence-electron chi connectivity index (χ0n) is 3.55. The molecule has 1 heterocycles. The molecule has 0 aliphatic heterocycles. The minimum atomic E-state index is 0.517. The minimum Gasteiger partial charge on any atom is -0.383 e. The topological polar surface area (TPSA) is 54.7 Å². The molecule has 0 saturated carbocycles. The Balaban J connectivity index is 3.12. The average Bonchev–Trinajstić information content (AvgIpc) is 1.91. The van der Waals surface area contributed by atoms with Crippen molar-refractivity contribution in [2.75, 3.05) is 5.73 Å². The molecule has 4 heteroatoms. The van der Waals surface area contributed by atoms with Crippen molar-refractivity contribution in [3.63, 3.8) is 0 Å². The van der Waals surface area contributed by atoms with Crippen molar-refractivity contribution in [2.45, 2.75) is 5.03 Å². The zero-order chi connectivity index (χ0) is 5.28. The number of thiol groups is 1. The molecule has 1 aromatic heterocycles. The molecule has 38 valence electrons. The highest BCUT2D eigenvalue weighted by molar-refractivity contribution is 7.80. The second-order valence-electron chi connectivity index (χ2n) is 1.14. The Morgan fingerprint density at radius 3 is 2.71 bits per heavy atom. The Hall–Kier alpha value is -0.640. The summed E-state index contributed by atoms with van der Waals surface area (Å²) < 4.78 is 0. The van der Waals surface area contributed by atoms with Crippen LogP contribution in [0.25, 0.3) is 0 Å². The molecule has 0 spiro atoms. The van der Waals surface area contributed by atoms with Gasteiger partial charge in [-0.25, -0.2) is 4.98 Å². The lowest BCUT2D eigenvalue weighted by molar-refractivity contribution is 1.21. The van der Waals surface area contributed by atoms with Gasteiger partial charge in [0.25, 0.3) is 0 Å². The predicted molar refractivity (Wildman–Crippen MR) is 30.3 cm³/mol. The molecule has 7 heavy (non-hydrogen) atoms. The number of hydrogen-bond donors (Lipinski definition) is 3. The number of H-pyrrole nitrogens is 1. The Labute approximate surface area is 46.4 Å². The van der Waals surface area contributed by atoms with E-state index in [9.17, 15) is 0 Å². The van der Waals surface area contributed by atoms with Gasteiger partial charge in [0.2, 0.25) is 0 Å². The van der Waals surface area contributed by atoms with Gasteiger partial charge in [-0.15, -0.1) is 12.6 Å². The Morgan fingerprint density at radius 2 is 2.57 bits per heavy atom. The van der Waals surface area contributed by atoms with Crippen LogP contribution in [0.15, 0.2) is 11.4 Å². The van der Waals surface area contributed by atoms with E-state index in [1.165, 1.54) is 6.33 Å². The second-order valence-corrected chi connectivity index (χ2v) is 1.56. The lowest BCUT2D eigenvalue weighted by Gasteiger charge is -1.79. The van der Waals surface area contributed by atoms with Crippen molar-refractivity contribution >= 4 is 18.4 Å². The number of aromatic nitrogens is 2. The summed E-state index contributed by atoms with van der Waals surface area (Å²) in [7, 11) is 0. The highest BCUT2D eigenvalue weighted by Gasteiger charge is 1.89. The fraction of sp³-hybridized carbons (Fsp3) is 0. The fourth-order valence-electron chi connectivity index (χ4n) is 0.297. The first kappa shape index (κ1) is 4.52. The lowest BCUT2D eigenvalue weighted by Crippen LogP contribution is -1.82. The number of imidazole rings is 1. The molecule has 0 fully saturated rings. The minimum absolute atomic E-state index is 0.517. The SMILES string of the molecule is Nc1[nH]cnc1S. The number of nitrogens with one attached hydrogen (secondary N) is 1.